The first-order valence-electron chi connectivity index (χ1n) is 12.5. The number of Topliss-reactive ketones (excluding diaryl/α,β-unsaturated/α-hetero) is 1. The van der Waals surface area contributed by atoms with Crippen LogP contribution in [-0.2, 0) is 19.1 Å². The zero-order valence-corrected chi connectivity index (χ0v) is 20.4. The molecule has 1 heterocycles. The average molecular weight is 482 g/mol. The molecule has 7 heteroatoms. The van der Waals surface area contributed by atoms with Gasteiger partial charge in [-0.3, -0.25) is 9.59 Å². The number of anilines is 1. The van der Waals surface area contributed by atoms with Crippen LogP contribution in [0.3, 0.4) is 0 Å². The topological polar surface area (TPSA) is 119 Å². The van der Waals surface area contributed by atoms with Crippen molar-refractivity contribution in [2.45, 2.75) is 57.3 Å². The van der Waals surface area contributed by atoms with Crippen LogP contribution < -0.4 is 5.73 Å². The van der Waals surface area contributed by atoms with Crippen LogP contribution in [0.4, 0.5) is 5.69 Å². The number of aliphatic hydroxyl groups is 2. The van der Waals surface area contributed by atoms with Gasteiger partial charge in [0.25, 0.3) is 0 Å². The Balaban J connectivity index is 0.000000313. The van der Waals surface area contributed by atoms with E-state index in [0.29, 0.717) is 12.8 Å². The van der Waals surface area contributed by atoms with Crippen molar-refractivity contribution >= 4 is 17.3 Å². The third-order valence-electron chi connectivity index (χ3n) is 9.57. The van der Waals surface area contributed by atoms with E-state index in [9.17, 15) is 19.8 Å². The lowest BCUT2D eigenvalue weighted by Gasteiger charge is -2.59. The minimum atomic E-state index is -1.17. The largest absolute Gasteiger partial charge is 0.399 e. The van der Waals surface area contributed by atoms with E-state index >= 15 is 0 Å². The molecule has 5 aliphatic rings. The fourth-order valence-corrected chi connectivity index (χ4v) is 8.10. The van der Waals surface area contributed by atoms with Crippen molar-refractivity contribution in [3.8, 4) is 0 Å². The van der Waals surface area contributed by atoms with Gasteiger partial charge in [-0.15, -0.1) is 0 Å². The Labute approximate surface area is 206 Å². The molecule has 0 spiro atoms. The summed E-state index contributed by atoms with van der Waals surface area (Å²) >= 11 is 0. The summed E-state index contributed by atoms with van der Waals surface area (Å²) in [4.78, 5) is 24.8. The first-order valence-corrected chi connectivity index (χ1v) is 12.5. The van der Waals surface area contributed by atoms with Crippen molar-refractivity contribution in [1.29, 1.82) is 0 Å². The number of nitrogens with two attached hydrogens (primary N) is 1. The van der Waals surface area contributed by atoms with Crippen LogP contribution >= 0.6 is 0 Å². The third-order valence-corrected chi connectivity index (χ3v) is 9.57. The lowest BCUT2D eigenvalue weighted by Crippen LogP contribution is -2.63. The van der Waals surface area contributed by atoms with Gasteiger partial charge < -0.3 is 25.4 Å². The quantitative estimate of drug-likeness (QED) is 0.556. The number of nitrogen functional groups attached to an aromatic ring is 1. The smallest absolute Gasteiger partial charge is 0.193 e. The third kappa shape index (κ3) is 3.47. The molecule has 0 bridgehead atoms. The molecule has 1 aliphatic heterocycles. The van der Waals surface area contributed by atoms with E-state index < -0.39 is 23.7 Å². The highest BCUT2D eigenvalue weighted by molar-refractivity contribution is 6.01. The Kier molecular flexibility index (Phi) is 6.03. The second kappa shape index (κ2) is 8.66. The average Bonchev–Trinajstić information content (AvgIpc) is 3.36. The second-order valence-electron chi connectivity index (χ2n) is 11.1. The van der Waals surface area contributed by atoms with Crippen LogP contribution in [0.5, 0.6) is 0 Å². The number of aliphatic hydroxyl groups excluding tert-OH is 2. The zero-order chi connectivity index (χ0) is 25.0. The van der Waals surface area contributed by atoms with E-state index in [0.717, 1.165) is 24.1 Å². The second-order valence-corrected chi connectivity index (χ2v) is 11.1. The van der Waals surface area contributed by atoms with Gasteiger partial charge in [0.2, 0.25) is 0 Å². The van der Waals surface area contributed by atoms with Crippen molar-refractivity contribution in [3.05, 3.63) is 54.1 Å². The SMILES string of the molecule is CC12C=CC(=O)C=C1CCC1C2C(O)CC2(C)C1CC1OCOC12C(=O)CO.Nc1ccccc1. The van der Waals surface area contributed by atoms with Crippen molar-refractivity contribution in [3.63, 3.8) is 0 Å². The lowest BCUT2D eigenvalue weighted by molar-refractivity contribution is -0.185. The highest BCUT2D eigenvalue weighted by atomic mass is 16.7. The number of carbonyl (C=O) groups is 2. The Morgan fingerprint density at radius 3 is 2.63 bits per heavy atom. The Morgan fingerprint density at radius 1 is 1.23 bits per heavy atom. The first-order chi connectivity index (χ1) is 16.7. The maximum absolute atomic E-state index is 12.9. The first kappa shape index (κ1) is 24.4. The van der Waals surface area contributed by atoms with E-state index in [1.807, 2.05) is 43.3 Å². The molecule has 1 saturated heterocycles. The van der Waals surface area contributed by atoms with Gasteiger partial charge in [0, 0.05) is 22.4 Å². The number of allylic oxidation sites excluding steroid dienone is 4. The number of fused-ring (bicyclic) bond motifs is 7. The van der Waals surface area contributed by atoms with Gasteiger partial charge >= 0.3 is 0 Å². The van der Waals surface area contributed by atoms with Crippen LogP contribution in [0.25, 0.3) is 0 Å². The van der Waals surface area contributed by atoms with Crippen molar-refractivity contribution < 1.29 is 29.3 Å². The van der Waals surface area contributed by atoms with E-state index in [-0.39, 0.29) is 47.6 Å². The number of rotatable bonds is 2. The molecule has 0 radical (unpaired) electrons. The minimum Gasteiger partial charge on any atom is -0.399 e. The maximum Gasteiger partial charge on any atom is 0.193 e. The summed E-state index contributed by atoms with van der Waals surface area (Å²) in [5.41, 5.74) is 5.19. The molecular weight excluding hydrogens is 446 g/mol. The van der Waals surface area contributed by atoms with Gasteiger partial charge in [-0.25, -0.2) is 0 Å². The molecule has 0 amide bonds. The number of carbonyl (C=O) groups excluding carboxylic acids is 2. The maximum atomic E-state index is 12.9. The Morgan fingerprint density at radius 2 is 1.97 bits per heavy atom. The molecule has 35 heavy (non-hydrogen) atoms. The fraction of sp³-hybridized carbons (Fsp3) is 0.571. The van der Waals surface area contributed by atoms with Gasteiger partial charge in [0.05, 0.1) is 12.2 Å². The molecule has 1 aromatic carbocycles. The summed E-state index contributed by atoms with van der Waals surface area (Å²) in [6.45, 7) is 3.63. The molecule has 3 saturated carbocycles. The molecule has 8 atom stereocenters. The molecule has 4 aliphatic carbocycles. The van der Waals surface area contributed by atoms with Gasteiger partial charge in [0.15, 0.2) is 17.2 Å². The number of benzene rings is 1. The summed E-state index contributed by atoms with van der Waals surface area (Å²) in [5, 5.41) is 21.0. The molecule has 1 aromatic rings. The van der Waals surface area contributed by atoms with E-state index in [1.165, 1.54) is 0 Å². The molecule has 6 rings (SSSR count). The van der Waals surface area contributed by atoms with Gasteiger partial charge in [-0.05, 0) is 61.8 Å². The fourth-order valence-electron chi connectivity index (χ4n) is 8.10. The zero-order valence-electron chi connectivity index (χ0n) is 20.4. The molecule has 188 valence electrons. The lowest BCUT2D eigenvalue weighted by atomic mass is 9.46. The van der Waals surface area contributed by atoms with Crippen molar-refractivity contribution in [1.82, 2.24) is 0 Å². The van der Waals surface area contributed by atoms with Crippen molar-refractivity contribution in [2.75, 3.05) is 19.1 Å². The number of hydrogen-bond donors (Lipinski definition) is 3. The van der Waals surface area contributed by atoms with E-state index in [4.69, 9.17) is 15.2 Å². The number of ketones is 2. The minimum absolute atomic E-state index is 0.00460. The van der Waals surface area contributed by atoms with E-state index in [1.54, 1.807) is 12.2 Å². The van der Waals surface area contributed by atoms with Crippen molar-refractivity contribution in [2.24, 2.45) is 28.6 Å². The Bertz CT molecular complexity index is 1070. The van der Waals surface area contributed by atoms with E-state index in [2.05, 4.69) is 6.92 Å². The molecular formula is C28H35NO6. The predicted molar refractivity (Wildman–Crippen MR) is 130 cm³/mol. The number of hydrogen-bond acceptors (Lipinski definition) is 7. The van der Waals surface area contributed by atoms with Gasteiger partial charge in [0.1, 0.15) is 13.4 Å². The predicted octanol–water partition coefficient (Wildman–Crippen LogP) is 2.82. The molecule has 8 unspecified atom stereocenters. The summed E-state index contributed by atoms with van der Waals surface area (Å²) < 4.78 is 11.8. The molecule has 7 nitrogen and oxygen atoms in total. The van der Waals surface area contributed by atoms with Crippen LogP contribution in [0.15, 0.2) is 54.1 Å². The Hall–Kier alpha value is -2.32. The van der Waals surface area contributed by atoms with Crippen LogP contribution in [-0.4, -0.2) is 53.0 Å². The summed E-state index contributed by atoms with van der Waals surface area (Å²) in [6, 6.07) is 9.49. The normalized spacial score (nSPS) is 43.1. The van der Waals surface area contributed by atoms with Gasteiger partial charge in [-0.1, -0.05) is 43.7 Å². The summed E-state index contributed by atoms with van der Waals surface area (Å²) in [7, 11) is 0. The van der Waals surface area contributed by atoms with Crippen LogP contribution in [0, 0.1) is 28.6 Å². The highest BCUT2D eigenvalue weighted by Gasteiger charge is 2.74. The van der Waals surface area contributed by atoms with Crippen LogP contribution in [0.1, 0.15) is 39.5 Å². The molecule has 4 fully saturated rings. The number of para-hydroxylation sites is 1. The number of ether oxygens (including phenoxy) is 2. The monoisotopic (exact) mass is 481 g/mol. The summed E-state index contributed by atoms with van der Waals surface area (Å²) in [5.74, 6) is 0.0400. The molecule has 0 aromatic heterocycles. The van der Waals surface area contributed by atoms with Crippen LogP contribution in [0.2, 0.25) is 0 Å². The summed E-state index contributed by atoms with van der Waals surface area (Å²) in [6.07, 6.45) is 7.17. The highest BCUT2D eigenvalue weighted by Crippen LogP contribution is 2.69. The van der Waals surface area contributed by atoms with Gasteiger partial charge in [-0.2, -0.15) is 0 Å². The standard InChI is InChI=1S/C22H28O6.C6H7N/c1-20-6-5-13(24)7-12(20)3-4-14-15-8-18-22(17(26)10-23,28-11-27-18)21(15,2)9-16(25)19(14)20;7-6-4-2-1-3-5-6/h5-7,14-16,18-19,23,25H,3-4,8-11H2,1-2H3;1-5H,7H2. The molecule has 4 N–H and O–H groups in total.